The molecule has 0 aliphatic carbocycles. The van der Waals surface area contributed by atoms with Crippen LogP contribution >= 0.6 is 0 Å². The zero-order valence-corrected chi connectivity index (χ0v) is 11.7. The number of carbonyl (C=O) groups excluding carboxylic acids is 1. The van der Waals surface area contributed by atoms with Crippen LogP contribution < -0.4 is 15.4 Å². The highest BCUT2D eigenvalue weighted by Gasteiger charge is 2.11. The second-order valence-corrected chi connectivity index (χ2v) is 4.23. The second kappa shape index (κ2) is 8.18. The molecule has 0 radical (unpaired) electrons. The van der Waals surface area contributed by atoms with Gasteiger partial charge >= 0.3 is 0 Å². The lowest BCUT2D eigenvalue weighted by Crippen LogP contribution is -2.29. The van der Waals surface area contributed by atoms with Gasteiger partial charge in [-0.05, 0) is 19.5 Å². The Hall–Kier alpha value is -2.06. The highest BCUT2D eigenvalue weighted by Crippen LogP contribution is 2.21. The lowest BCUT2D eigenvalue weighted by Gasteiger charge is -2.14. The van der Waals surface area contributed by atoms with Gasteiger partial charge in [0.15, 0.2) is 6.61 Å². The predicted octanol–water partition coefficient (Wildman–Crippen LogP) is 1.62. The van der Waals surface area contributed by atoms with Crippen molar-refractivity contribution in [3.05, 3.63) is 29.6 Å². The standard InChI is InChI=1S/C15H19FN2O2/c1-4-8-18-15(19)10-20-12-6-7-13(14(16)9-12)11(3)17-5-2/h1,6-7,9,11,17H,5,8,10H2,2-3H3,(H,18,19). The van der Waals surface area contributed by atoms with E-state index in [0.717, 1.165) is 6.54 Å². The molecule has 0 aromatic heterocycles. The van der Waals surface area contributed by atoms with E-state index in [0.29, 0.717) is 11.3 Å². The lowest BCUT2D eigenvalue weighted by molar-refractivity contribution is -0.122. The van der Waals surface area contributed by atoms with Crippen LogP contribution in [0.15, 0.2) is 18.2 Å². The minimum absolute atomic E-state index is 0.0759. The second-order valence-electron chi connectivity index (χ2n) is 4.23. The van der Waals surface area contributed by atoms with Crippen LogP contribution in [0.3, 0.4) is 0 Å². The topological polar surface area (TPSA) is 50.4 Å². The zero-order chi connectivity index (χ0) is 15.0. The van der Waals surface area contributed by atoms with E-state index in [1.807, 2.05) is 13.8 Å². The average molecular weight is 278 g/mol. The van der Waals surface area contributed by atoms with Gasteiger partial charge in [0.2, 0.25) is 0 Å². The maximum atomic E-state index is 13.9. The first-order valence-electron chi connectivity index (χ1n) is 6.44. The maximum absolute atomic E-state index is 13.9. The Balaban J connectivity index is 2.59. The van der Waals surface area contributed by atoms with E-state index in [-0.39, 0.29) is 30.9 Å². The van der Waals surface area contributed by atoms with E-state index in [9.17, 15) is 9.18 Å². The lowest BCUT2D eigenvalue weighted by atomic mass is 10.1. The van der Waals surface area contributed by atoms with Crippen LogP contribution in [0.25, 0.3) is 0 Å². The van der Waals surface area contributed by atoms with Crippen molar-refractivity contribution in [3.8, 4) is 18.1 Å². The van der Waals surface area contributed by atoms with Crippen LogP contribution in [0.5, 0.6) is 5.75 Å². The summed E-state index contributed by atoms with van der Waals surface area (Å²) in [4.78, 5) is 11.3. The smallest absolute Gasteiger partial charge is 0.258 e. The number of halogens is 1. The first kappa shape index (κ1) is 16.0. The molecule has 108 valence electrons. The number of nitrogens with one attached hydrogen (secondary N) is 2. The molecule has 0 heterocycles. The Labute approximate surface area is 118 Å². The Bertz CT molecular complexity index is 497. The van der Waals surface area contributed by atoms with Crippen molar-refractivity contribution in [2.24, 2.45) is 0 Å². The van der Waals surface area contributed by atoms with Crippen molar-refractivity contribution in [3.63, 3.8) is 0 Å². The van der Waals surface area contributed by atoms with E-state index >= 15 is 0 Å². The van der Waals surface area contributed by atoms with Crippen molar-refractivity contribution >= 4 is 5.91 Å². The van der Waals surface area contributed by atoms with Crippen LogP contribution in [0.2, 0.25) is 0 Å². The number of hydrogen-bond donors (Lipinski definition) is 2. The summed E-state index contributed by atoms with van der Waals surface area (Å²) in [7, 11) is 0. The van der Waals surface area contributed by atoms with Crippen molar-refractivity contribution in [1.29, 1.82) is 0 Å². The third kappa shape index (κ3) is 4.90. The van der Waals surface area contributed by atoms with E-state index in [4.69, 9.17) is 11.2 Å². The molecule has 1 unspecified atom stereocenters. The van der Waals surface area contributed by atoms with Crippen molar-refractivity contribution in [2.75, 3.05) is 19.7 Å². The van der Waals surface area contributed by atoms with Crippen LogP contribution in [0.4, 0.5) is 4.39 Å². The summed E-state index contributed by atoms with van der Waals surface area (Å²) in [6, 6.07) is 4.49. The molecule has 0 aliphatic rings. The SMILES string of the molecule is C#CCNC(=O)COc1ccc(C(C)NCC)c(F)c1. The van der Waals surface area contributed by atoms with E-state index < -0.39 is 0 Å². The molecular formula is C15H19FN2O2. The molecule has 0 saturated heterocycles. The molecule has 1 atom stereocenters. The molecule has 1 rings (SSSR count). The summed E-state index contributed by atoms with van der Waals surface area (Å²) < 4.78 is 19.1. The summed E-state index contributed by atoms with van der Waals surface area (Å²) in [5, 5.41) is 5.59. The highest BCUT2D eigenvalue weighted by molar-refractivity contribution is 5.77. The first-order valence-corrected chi connectivity index (χ1v) is 6.44. The molecule has 1 aromatic carbocycles. The monoisotopic (exact) mass is 278 g/mol. The van der Waals surface area contributed by atoms with Crippen LogP contribution in [-0.2, 0) is 4.79 Å². The van der Waals surface area contributed by atoms with Crippen molar-refractivity contribution in [2.45, 2.75) is 19.9 Å². The fourth-order valence-corrected chi connectivity index (χ4v) is 1.71. The molecule has 0 bridgehead atoms. The van der Waals surface area contributed by atoms with Crippen LogP contribution in [0.1, 0.15) is 25.5 Å². The number of rotatable bonds is 7. The van der Waals surface area contributed by atoms with Gasteiger partial charge in [0.05, 0.1) is 6.54 Å². The summed E-state index contributed by atoms with van der Waals surface area (Å²) in [6.45, 7) is 4.56. The van der Waals surface area contributed by atoms with Gasteiger partial charge in [-0.3, -0.25) is 4.79 Å². The first-order chi connectivity index (χ1) is 9.58. The molecule has 0 spiro atoms. The number of benzene rings is 1. The normalized spacial score (nSPS) is 11.5. The number of terminal acetylenes is 1. The van der Waals surface area contributed by atoms with Gasteiger partial charge in [0.1, 0.15) is 11.6 Å². The van der Waals surface area contributed by atoms with E-state index in [1.165, 1.54) is 6.07 Å². The van der Waals surface area contributed by atoms with E-state index in [2.05, 4.69) is 16.6 Å². The molecule has 0 saturated carbocycles. The molecule has 4 nitrogen and oxygen atoms in total. The minimum Gasteiger partial charge on any atom is -0.484 e. The van der Waals surface area contributed by atoms with Gasteiger partial charge < -0.3 is 15.4 Å². The predicted molar refractivity (Wildman–Crippen MR) is 75.8 cm³/mol. The molecule has 1 aromatic rings. The van der Waals surface area contributed by atoms with Gasteiger partial charge in [0.25, 0.3) is 5.91 Å². The summed E-state index contributed by atoms with van der Waals surface area (Å²) in [6.07, 6.45) is 5.01. The third-order valence-electron chi connectivity index (χ3n) is 2.71. The Morgan fingerprint density at radius 1 is 1.55 bits per heavy atom. The van der Waals surface area contributed by atoms with Crippen LogP contribution in [-0.4, -0.2) is 25.6 Å². The maximum Gasteiger partial charge on any atom is 0.258 e. The summed E-state index contributed by atoms with van der Waals surface area (Å²) in [5.74, 6) is 1.89. The fraction of sp³-hybridized carbons (Fsp3) is 0.400. The quantitative estimate of drug-likeness (QED) is 0.745. The van der Waals surface area contributed by atoms with Gasteiger partial charge in [0, 0.05) is 17.7 Å². The Kier molecular flexibility index (Phi) is 6.54. The molecule has 5 heteroatoms. The van der Waals surface area contributed by atoms with Gasteiger partial charge in [-0.1, -0.05) is 18.9 Å². The number of amides is 1. The summed E-state index contributed by atoms with van der Waals surface area (Å²) >= 11 is 0. The number of hydrogen-bond acceptors (Lipinski definition) is 3. The largest absolute Gasteiger partial charge is 0.484 e. The molecule has 1 amide bonds. The molecule has 0 aliphatic heterocycles. The number of carbonyl (C=O) groups is 1. The molecular weight excluding hydrogens is 259 g/mol. The highest BCUT2D eigenvalue weighted by atomic mass is 19.1. The van der Waals surface area contributed by atoms with Gasteiger partial charge in [-0.15, -0.1) is 6.42 Å². The van der Waals surface area contributed by atoms with E-state index in [1.54, 1.807) is 12.1 Å². The third-order valence-corrected chi connectivity index (χ3v) is 2.71. The zero-order valence-electron chi connectivity index (χ0n) is 11.7. The Morgan fingerprint density at radius 3 is 2.90 bits per heavy atom. The van der Waals surface area contributed by atoms with Gasteiger partial charge in [-0.2, -0.15) is 0 Å². The minimum atomic E-state index is -0.361. The summed E-state index contributed by atoms with van der Waals surface area (Å²) in [5.41, 5.74) is 0.566. The van der Waals surface area contributed by atoms with Gasteiger partial charge in [-0.25, -0.2) is 4.39 Å². The van der Waals surface area contributed by atoms with Crippen LogP contribution in [0, 0.1) is 18.2 Å². The van der Waals surface area contributed by atoms with Crippen molar-refractivity contribution in [1.82, 2.24) is 10.6 Å². The fourth-order valence-electron chi connectivity index (χ4n) is 1.71. The number of ether oxygens (including phenoxy) is 1. The molecule has 2 N–H and O–H groups in total. The molecule has 0 fully saturated rings. The average Bonchev–Trinajstić information content (AvgIpc) is 2.43. The molecule has 20 heavy (non-hydrogen) atoms. The van der Waals surface area contributed by atoms with Crippen molar-refractivity contribution < 1.29 is 13.9 Å². The Morgan fingerprint density at radius 2 is 2.30 bits per heavy atom.